The molecule has 0 atom stereocenters. The van der Waals surface area contributed by atoms with Crippen LogP contribution in [0.15, 0.2) is 30.3 Å². The molecule has 3 heterocycles. The standard InChI is InChI=1S/C25H30N6O/c1-8-31-17(4)21(15(2)28-31)14-29(6)25(32)20-13-23(24-16(3)27-30(7)18(24)5)26-22-12-10-9-11-19(20)22/h9-13H,8,14H2,1-7H3. The van der Waals surface area contributed by atoms with Crippen LogP contribution in [-0.2, 0) is 20.1 Å². The lowest BCUT2D eigenvalue weighted by Gasteiger charge is -2.19. The maximum atomic E-state index is 13.7. The fourth-order valence-electron chi connectivity index (χ4n) is 4.41. The molecule has 7 heteroatoms. The molecule has 0 saturated heterocycles. The number of fused-ring (bicyclic) bond motifs is 1. The minimum atomic E-state index is -0.0351. The van der Waals surface area contributed by atoms with Crippen molar-refractivity contribution in [2.45, 2.75) is 47.7 Å². The van der Waals surface area contributed by atoms with Crippen molar-refractivity contribution in [1.82, 2.24) is 29.4 Å². The third-order valence-corrected chi connectivity index (χ3v) is 6.28. The zero-order valence-corrected chi connectivity index (χ0v) is 19.9. The molecule has 0 aliphatic heterocycles. The first-order chi connectivity index (χ1) is 15.2. The minimum Gasteiger partial charge on any atom is -0.337 e. The van der Waals surface area contributed by atoms with Gasteiger partial charge in [-0.05, 0) is 46.8 Å². The number of aromatic nitrogens is 5. The molecule has 4 aromatic rings. The van der Waals surface area contributed by atoms with Gasteiger partial charge in [0.15, 0.2) is 0 Å². The van der Waals surface area contributed by atoms with E-state index in [1.807, 2.05) is 74.6 Å². The third kappa shape index (κ3) is 3.57. The van der Waals surface area contributed by atoms with Crippen LogP contribution >= 0.6 is 0 Å². The highest BCUT2D eigenvalue weighted by atomic mass is 16.2. The average molecular weight is 431 g/mol. The molecule has 7 nitrogen and oxygen atoms in total. The summed E-state index contributed by atoms with van der Waals surface area (Å²) in [5, 5.41) is 9.98. The van der Waals surface area contributed by atoms with Gasteiger partial charge in [-0.2, -0.15) is 10.2 Å². The topological polar surface area (TPSA) is 68.8 Å². The van der Waals surface area contributed by atoms with Crippen LogP contribution in [0, 0.1) is 27.7 Å². The highest BCUT2D eigenvalue weighted by molar-refractivity contribution is 6.07. The van der Waals surface area contributed by atoms with Gasteiger partial charge in [-0.15, -0.1) is 0 Å². The van der Waals surface area contributed by atoms with Gasteiger partial charge in [0.1, 0.15) is 0 Å². The summed E-state index contributed by atoms with van der Waals surface area (Å²) >= 11 is 0. The molecule has 4 rings (SSSR count). The first-order valence-electron chi connectivity index (χ1n) is 10.9. The van der Waals surface area contributed by atoms with Crippen molar-refractivity contribution in [2.75, 3.05) is 7.05 Å². The first-order valence-corrected chi connectivity index (χ1v) is 10.9. The lowest BCUT2D eigenvalue weighted by atomic mass is 10.0. The zero-order valence-electron chi connectivity index (χ0n) is 19.9. The van der Waals surface area contributed by atoms with Crippen molar-refractivity contribution in [3.05, 3.63) is 64.2 Å². The van der Waals surface area contributed by atoms with Crippen LogP contribution in [0.2, 0.25) is 0 Å². The van der Waals surface area contributed by atoms with Gasteiger partial charge in [-0.25, -0.2) is 4.98 Å². The number of hydrogen-bond acceptors (Lipinski definition) is 4. The van der Waals surface area contributed by atoms with E-state index < -0.39 is 0 Å². The van der Waals surface area contributed by atoms with E-state index in [0.29, 0.717) is 12.1 Å². The van der Waals surface area contributed by atoms with Crippen LogP contribution < -0.4 is 0 Å². The molecule has 0 aliphatic carbocycles. The average Bonchev–Trinajstić information content (AvgIpc) is 3.20. The highest BCUT2D eigenvalue weighted by Gasteiger charge is 2.22. The number of carbonyl (C=O) groups is 1. The van der Waals surface area contributed by atoms with Crippen molar-refractivity contribution >= 4 is 16.8 Å². The van der Waals surface area contributed by atoms with Crippen molar-refractivity contribution in [3.8, 4) is 11.3 Å². The maximum Gasteiger partial charge on any atom is 0.254 e. The Morgan fingerprint density at radius 3 is 2.38 bits per heavy atom. The van der Waals surface area contributed by atoms with Gasteiger partial charge >= 0.3 is 0 Å². The van der Waals surface area contributed by atoms with Gasteiger partial charge < -0.3 is 4.90 Å². The molecule has 0 bridgehead atoms. The molecule has 0 aliphatic rings. The Hall–Kier alpha value is -3.48. The molecule has 1 aromatic carbocycles. The normalized spacial score (nSPS) is 11.3. The van der Waals surface area contributed by atoms with Gasteiger partial charge in [0.05, 0.1) is 28.2 Å². The van der Waals surface area contributed by atoms with Crippen LogP contribution in [-0.4, -0.2) is 42.4 Å². The van der Waals surface area contributed by atoms with Crippen molar-refractivity contribution in [3.63, 3.8) is 0 Å². The number of aryl methyl sites for hydroxylation is 4. The molecule has 0 spiro atoms. The van der Waals surface area contributed by atoms with E-state index in [-0.39, 0.29) is 5.91 Å². The molecule has 0 unspecified atom stereocenters. The van der Waals surface area contributed by atoms with Gasteiger partial charge in [-0.3, -0.25) is 14.2 Å². The second kappa shape index (κ2) is 8.22. The fourth-order valence-corrected chi connectivity index (χ4v) is 4.41. The molecule has 0 radical (unpaired) electrons. The van der Waals surface area contributed by atoms with Crippen LogP contribution in [0.4, 0.5) is 0 Å². The summed E-state index contributed by atoms with van der Waals surface area (Å²) in [6.45, 7) is 11.5. The van der Waals surface area contributed by atoms with E-state index in [1.54, 1.807) is 4.90 Å². The number of hydrogen-bond donors (Lipinski definition) is 0. The van der Waals surface area contributed by atoms with Crippen LogP contribution in [0.25, 0.3) is 22.2 Å². The van der Waals surface area contributed by atoms with E-state index in [1.165, 1.54) is 0 Å². The second-order valence-corrected chi connectivity index (χ2v) is 8.37. The van der Waals surface area contributed by atoms with Crippen molar-refractivity contribution < 1.29 is 4.79 Å². The number of carbonyl (C=O) groups excluding carboxylic acids is 1. The molecule has 0 saturated carbocycles. The van der Waals surface area contributed by atoms with Gasteiger partial charge in [0.2, 0.25) is 0 Å². The first kappa shape index (κ1) is 21.7. The summed E-state index contributed by atoms with van der Waals surface area (Å²) in [6, 6.07) is 9.72. The monoisotopic (exact) mass is 430 g/mol. The summed E-state index contributed by atoms with van der Waals surface area (Å²) in [6.07, 6.45) is 0. The van der Waals surface area contributed by atoms with E-state index in [0.717, 1.165) is 57.0 Å². The Bertz CT molecular complexity index is 1330. The second-order valence-electron chi connectivity index (χ2n) is 8.37. The lowest BCUT2D eigenvalue weighted by Crippen LogP contribution is -2.27. The quantitative estimate of drug-likeness (QED) is 0.472. The summed E-state index contributed by atoms with van der Waals surface area (Å²) < 4.78 is 3.84. The van der Waals surface area contributed by atoms with E-state index in [9.17, 15) is 4.79 Å². The number of benzene rings is 1. The lowest BCUT2D eigenvalue weighted by molar-refractivity contribution is 0.0786. The predicted molar refractivity (Wildman–Crippen MR) is 127 cm³/mol. The largest absolute Gasteiger partial charge is 0.337 e. The molecular weight excluding hydrogens is 400 g/mol. The molecule has 1 amide bonds. The minimum absolute atomic E-state index is 0.0351. The van der Waals surface area contributed by atoms with Crippen LogP contribution in [0.5, 0.6) is 0 Å². The summed E-state index contributed by atoms with van der Waals surface area (Å²) in [5.41, 5.74) is 8.29. The molecule has 32 heavy (non-hydrogen) atoms. The molecule has 0 N–H and O–H groups in total. The van der Waals surface area contributed by atoms with Crippen LogP contribution in [0.3, 0.4) is 0 Å². The molecule has 0 fully saturated rings. The van der Waals surface area contributed by atoms with Gasteiger partial charge in [-0.1, -0.05) is 18.2 Å². The Labute approximate surface area is 188 Å². The maximum absolute atomic E-state index is 13.7. The predicted octanol–water partition coefficient (Wildman–Crippen LogP) is 4.36. The van der Waals surface area contributed by atoms with E-state index in [2.05, 4.69) is 24.0 Å². The highest BCUT2D eigenvalue weighted by Crippen LogP contribution is 2.30. The molecule has 166 valence electrons. The molecule has 3 aromatic heterocycles. The van der Waals surface area contributed by atoms with Gasteiger partial charge in [0.25, 0.3) is 5.91 Å². The summed E-state index contributed by atoms with van der Waals surface area (Å²) in [7, 11) is 3.77. The van der Waals surface area contributed by atoms with Crippen LogP contribution in [0.1, 0.15) is 45.6 Å². The summed E-state index contributed by atoms with van der Waals surface area (Å²) in [4.78, 5) is 20.3. The van der Waals surface area contributed by atoms with E-state index in [4.69, 9.17) is 4.98 Å². The fraction of sp³-hybridized carbons (Fsp3) is 0.360. The Morgan fingerprint density at radius 1 is 1.03 bits per heavy atom. The van der Waals surface area contributed by atoms with E-state index >= 15 is 0 Å². The number of pyridine rings is 1. The van der Waals surface area contributed by atoms with Gasteiger partial charge in [0, 0.05) is 55.1 Å². The zero-order chi connectivity index (χ0) is 23.2. The Balaban J connectivity index is 1.79. The number of nitrogens with zero attached hydrogens (tertiary/aromatic N) is 6. The van der Waals surface area contributed by atoms with Crippen molar-refractivity contribution in [1.29, 1.82) is 0 Å². The SMILES string of the molecule is CCn1nc(C)c(CN(C)C(=O)c2cc(-c3c(C)nn(C)c3C)nc3ccccc23)c1C. The number of para-hydroxylation sites is 1. The number of rotatable bonds is 5. The molecular formula is C25H30N6O. The summed E-state index contributed by atoms with van der Waals surface area (Å²) in [5.74, 6) is -0.0351. The third-order valence-electron chi connectivity index (χ3n) is 6.28. The van der Waals surface area contributed by atoms with Crippen molar-refractivity contribution in [2.24, 2.45) is 7.05 Å². The Kier molecular flexibility index (Phi) is 5.59. The number of amides is 1. The smallest absolute Gasteiger partial charge is 0.254 e. The Morgan fingerprint density at radius 2 is 1.75 bits per heavy atom.